The van der Waals surface area contributed by atoms with E-state index in [0.717, 1.165) is 5.56 Å². The molecular weight excluding hydrogens is 304 g/mol. The molecular formula is C15H17ClN4O2. The van der Waals surface area contributed by atoms with Crippen LogP contribution in [0.25, 0.3) is 0 Å². The number of methoxy groups -OCH3 is 1. The molecule has 0 saturated carbocycles. The number of ether oxygens (including phenoxy) is 1. The van der Waals surface area contributed by atoms with Crippen LogP contribution in [-0.4, -0.2) is 36.4 Å². The van der Waals surface area contributed by atoms with E-state index >= 15 is 0 Å². The van der Waals surface area contributed by atoms with Crippen molar-refractivity contribution in [1.82, 2.24) is 15.5 Å². The first kappa shape index (κ1) is 16.2. The number of nitrogens with zero attached hydrogens (tertiary/aromatic N) is 2. The molecule has 2 N–H and O–H groups in total. The quantitative estimate of drug-likeness (QED) is 0.764. The molecule has 1 amide bonds. The lowest BCUT2D eigenvalue weighted by molar-refractivity contribution is 0.0945. The monoisotopic (exact) mass is 320 g/mol. The molecule has 0 atom stereocenters. The number of benzene rings is 1. The Bertz CT molecular complexity index is 619. The predicted octanol–water partition coefficient (Wildman–Crippen LogP) is 2.12. The smallest absolute Gasteiger partial charge is 0.272 e. The highest BCUT2D eigenvalue weighted by molar-refractivity contribution is 6.31. The fourth-order valence-corrected chi connectivity index (χ4v) is 1.94. The largest absolute Gasteiger partial charge is 0.383 e. The number of anilines is 1. The van der Waals surface area contributed by atoms with E-state index in [0.29, 0.717) is 30.5 Å². The lowest BCUT2D eigenvalue weighted by Crippen LogP contribution is -2.24. The van der Waals surface area contributed by atoms with E-state index in [-0.39, 0.29) is 11.6 Å². The molecule has 0 aliphatic rings. The number of carbonyl (C=O) groups is 1. The van der Waals surface area contributed by atoms with Crippen molar-refractivity contribution in [3.63, 3.8) is 0 Å². The van der Waals surface area contributed by atoms with E-state index in [9.17, 15) is 4.79 Å². The Hall–Kier alpha value is -2.18. The van der Waals surface area contributed by atoms with Crippen molar-refractivity contribution >= 4 is 23.3 Å². The first-order valence-electron chi connectivity index (χ1n) is 6.79. The van der Waals surface area contributed by atoms with Crippen LogP contribution in [0.3, 0.4) is 0 Å². The molecule has 1 aromatic carbocycles. The van der Waals surface area contributed by atoms with Gasteiger partial charge in [0.25, 0.3) is 5.91 Å². The second kappa shape index (κ2) is 8.31. The third-order valence-electron chi connectivity index (χ3n) is 2.91. The standard InChI is InChI=1S/C15H17ClN4O2/c1-22-9-8-17-14-7-6-13(19-20-14)15(21)18-10-11-4-2-3-5-12(11)16/h2-7H,8-10H2,1H3,(H,17,20)(H,18,21). The number of rotatable bonds is 7. The molecule has 1 aromatic heterocycles. The molecule has 22 heavy (non-hydrogen) atoms. The van der Waals surface area contributed by atoms with Crippen LogP contribution in [0.15, 0.2) is 36.4 Å². The summed E-state index contributed by atoms with van der Waals surface area (Å²) in [6.45, 7) is 1.54. The van der Waals surface area contributed by atoms with Crippen LogP contribution in [0.4, 0.5) is 5.82 Å². The van der Waals surface area contributed by atoms with Gasteiger partial charge in [-0.05, 0) is 23.8 Å². The maximum Gasteiger partial charge on any atom is 0.272 e. The fourth-order valence-electron chi connectivity index (χ4n) is 1.74. The van der Waals surface area contributed by atoms with Gasteiger partial charge in [0.2, 0.25) is 0 Å². The first-order valence-corrected chi connectivity index (χ1v) is 7.16. The number of nitrogens with one attached hydrogen (secondary N) is 2. The number of amides is 1. The van der Waals surface area contributed by atoms with Crippen molar-refractivity contribution in [2.75, 3.05) is 25.6 Å². The van der Waals surface area contributed by atoms with Crippen molar-refractivity contribution < 1.29 is 9.53 Å². The lowest BCUT2D eigenvalue weighted by atomic mass is 10.2. The van der Waals surface area contributed by atoms with E-state index in [2.05, 4.69) is 20.8 Å². The summed E-state index contributed by atoms with van der Waals surface area (Å²) in [5.74, 6) is 0.301. The van der Waals surface area contributed by atoms with Crippen LogP contribution >= 0.6 is 11.6 Å². The normalized spacial score (nSPS) is 10.3. The van der Waals surface area contributed by atoms with Gasteiger partial charge in [0.1, 0.15) is 5.82 Å². The highest BCUT2D eigenvalue weighted by atomic mass is 35.5. The lowest BCUT2D eigenvalue weighted by Gasteiger charge is -2.07. The maximum atomic E-state index is 12.0. The van der Waals surface area contributed by atoms with Crippen molar-refractivity contribution in [1.29, 1.82) is 0 Å². The van der Waals surface area contributed by atoms with Crippen LogP contribution in [0, 0.1) is 0 Å². The number of carbonyl (C=O) groups excluding carboxylic acids is 1. The fraction of sp³-hybridized carbons (Fsp3) is 0.267. The summed E-state index contributed by atoms with van der Waals surface area (Å²) >= 11 is 6.04. The Morgan fingerprint density at radius 1 is 1.23 bits per heavy atom. The molecule has 7 heteroatoms. The van der Waals surface area contributed by atoms with E-state index in [4.69, 9.17) is 16.3 Å². The van der Waals surface area contributed by atoms with Gasteiger partial charge in [0.05, 0.1) is 6.61 Å². The van der Waals surface area contributed by atoms with Gasteiger partial charge in [0, 0.05) is 25.2 Å². The van der Waals surface area contributed by atoms with Crippen molar-refractivity contribution in [2.24, 2.45) is 0 Å². The highest BCUT2D eigenvalue weighted by Crippen LogP contribution is 2.14. The van der Waals surface area contributed by atoms with E-state index in [1.807, 2.05) is 18.2 Å². The van der Waals surface area contributed by atoms with Crippen LogP contribution in [-0.2, 0) is 11.3 Å². The number of hydrogen-bond acceptors (Lipinski definition) is 5. The Balaban J connectivity index is 1.88. The zero-order chi connectivity index (χ0) is 15.8. The molecule has 1 heterocycles. The molecule has 2 rings (SSSR count). The average molecular weight is 321 g/mol. The molecule has 0 bridgehead atoms. The van der Waals surface area contributed by atoms with Gasteiger partial charge in [0.15, 0.2) is 5.69 Å². The van der Waals surface area contributed by atoms with Gasteiger partial charge in [-0.1, -0.05) is 29.8 Å². The van der Waals surface area contributed by atoms with E-state index in [1.54, 1.807) is 25.3 Å². The minimum atomic E-state index is -0.295. The summed E-state index contributed by atoms with van der Waals surface area (Å²) in [4.78, 5) is 12.0. The number of halogens is 1. The van der Waals surface area contributed by atoms with Crippen molar-refractivity contribution in [2.45, 2.75) is 6.54 Å². The molecule has 0 radical (unpaired) electrons. The average Bonchev–Trinajstić information content (AvgIpc) is 2.55. The maximum absolute atomic E-state index is 12.0. The summed E-state index contributed by atoms with van der Waals surface area (Å²) < 4.78 is 4.92. The molecule has 0 saturated heterocycles. The molecule has 0 spiro atoms. The second-order valence-corrected chi connectivity index (χ2v) is 4.90. The Labute approximate surface area is 133 Å². The van der Waals surface area contributed by atoms with Crippen molar-refractivity contribution in [3.8, 4) is 0 Å². The minimum Gasteiger partial charge on any atom is -0.383 e. The summed E-state index contributed by atoms with van der Waals surface area (Å²) in [5.41, 5.74) is 1.10. The van der Waals surface area contributed by atoms with Gasteiger partial charge < -0.3 is 15.4 Å². The van der Waals surface area contributed by atoms with Crippen LogP contribution in [0.2, 0.25) is 5.02 Å². The van der Waals surface area contributed by atoms with Gasteiger partial charge in [-0.25, -0.2) is 0 Å². The van der Waals surface area contributed by atoms with Crippen LogP contribution < -0.4 is 10.6 Å². The molecule has 0 aliphatic carbocycles. The predicted molar refractivity (Wildman–Crippen MR) is 85.0 cm³/mol. The second-order valence-electron chi connectivity index (χ2n) is 4.50. The van der Waals surface area contributed by atoms with Crippen LogP contribution in [0.1, 0.15) is 16.1 Å². The number of aromatic nitrogens is 2. The van der Waals surface area contributed by atoms with Gasteiger partial charge in [-0.15, -0.1) is 10.2 Å². The van der Waals surface area contributed by atoms with Crippen molar-refractivity contribution in [3.05, 3.63) is 52.7 Å². The Morgan fingerprint density at radius 2 is 2.05 bits per heavy atom. The van der Waals surface area contributed by atoms with Gasteiger partial charge in [-0.3, -0.25) is 4.79 Å². The SMILES string of the molecule is COCCNc1ccc(C(=O)NCc2ccccc2Cl)nn1. The van der Waals surface area contributed by atoms with E-state index in [1.165, 1.54) is 0 Å². The Morgan fingerprint density at radius 3 is 2.73 bits per heavy atom. The number of hydrogen-bond donors (Lipinski definition) is 2. The van der Waals surface area contributed by atoms with Gasteiger partial charge >= 0.3 is 0 Å². The van der Waals surface area contributed by atoms with E-state index < -0.39 is 0 Å². The third-order valence-corrected chi connectivity index (χ3v) is 3.28. The highest BCUT2D eigenvalue weighted by Gasteiger charge is 2.08. The zero-order valence-corrected chi connectivity index (χ0v) is 12.9. The molecule has 2 aromatic rings. The zero-order valence-electron chi connectivity index (χ0n) is 12.2. The summed E-state index contributed by atoms with van der Waals surface area (Å²) in [5, 5.41) is 14.2. The summed E-state index contributed by atoms with van der Waals surface area (Å²) in [6, 6.07) is 10.7. The molecule has 0 unspecified atom stereocenters. The molecule has 6 nitrogen and oxygen atoms in total. The third kappa shape index (κ3) is 4.68. The molecule has 0 aliphatic heterocycles. The first-order chi connectivity index (χ1) is 10.7. The van der Waals surface area contributed by atoms with Crippen LogP contribution in [0.5, 0.6) is 0 Å². The molecule has 116 valence electrons. The summed E-state index contributed by atoms with van der Waals surface area (Å²) in [7, 11) is 1.62. The molecule has 0 fully saturated rings. The van der Waals surface area contributed by atoms with Gasteiger partial charge in [-0.2, -0.15) is 0 Å². The topological polar surface area (TPSA) is 76.1 Å². The minimum absolute atomic E-state index is 0.254. The Kier molecular flexibility index (Phi) is 6.12. The summed E-state index contributed by atoms with van der Waals surface area (Å²) in [6.07, 6.45) is 0.